The average Bonchev–Trinajstić information content (AvgIpc) is 2.78. The molecule has 3 nitrogen and oxygen atoms in total. The highest BCUT2D eigenvalue weighted by atomic mass is 32.1. The van der Waals surface area contributed by atoms with E-state index in [1.54, 1.807) is 22.7 Å². The summed E-state index contributed by atoms with van der Waals surface area (Å²) in [7, 11) is 0. The van der Waals surface area contributed by atoms with Gasteiger partial charge in [-0.15, -0.1) is 22.7 Å². The number of aromatic nitrogens is 2. The van der Waals surface area contributed by atoms with Gasteiger partial charge in [-0.25, -0.2) is 4.98 Å². The summed E-state index contributed by atoms with van der Waals surface area (Å²) in [5.74, 6) is 0. The average molecular weight is 237 g/mol. The number of nitrogens with one attached hydrogen (secondary N) is 1. The molecule has 78 valence electrons. The van der Waals surface area contributed by atoms with Gasteiger partial charge in [-0.1, -0.05) is 0 Å². The lowest BCUT2D eigenvalue weighted by molar-refractivity contribution is 0.678. The molecule has 1 fully saturated rings. The number of hydrogen-bond donors (Lipinski definition) is 1. The summed E-state index contributed by atoms with van der Waals surface area (Å²) in [4.78, 5) is 9.80. The summed E-state index contributed by atoms with van der Waals surface area (Å²) < 4.78 is 0. The van der Waals surface area contributed by atoms with Crippen molar-refractivity contribution in [2.45, 2.75) is 25.4 Å². The molecule has 1 saturated carbocycles. The molecule has 0 spiro atoms. The van der Waals surface area contributed by atoms with Gasteiger partial charge in [0.05, 0.1) is 16.1 Å². The zero-order chi connectivity index (χ0) is 10.1. The van der Waals surface area contributed by atoms with E-state index < -0.39 is 0 Å². The summed E-state index contributed by atoms with van der Waals surface area (Å²) in [6.45, 7) is 0.903. The second-order valence-corrected chi connectivity index (χ2v) is 5.41. The Hall–Kier alpha value is -0.780. The van der Waals surface area contributed by atoms with Crippen molar-refractivity contribution in [2.75, 3.05) is 0 Å². The number of rotatable bonds is 4. The molecule has 2 aromatic rings. The third kappa shape index (κ3) is 2.25. The first-order valence-corrected chi connectivity index (χ1v) is 6.74. The van der Waals surface area contributed by atoms with Gasteiger partial charge in [0, 0.05) is 24.2 Å². The molecule has 1 aliphatic rings. The second-order valence-electron chi connectivity index (χ2n) is 3.66. The molecule has 0 radical (unpaired) electrons. The van der Waals surface area contributed by atoms with E-state index in [1.807, 2.05) is 11.7 Å². The van der Waals surface area contributed by atoms with Gasteiger partial charge in [0.2, 0.25) is 0 Å². The molecule has 0 amide bonds. The van der Waals surface area contributed by atoms with E-state index in [4.69, 9.17) is 0 Å². The molecule has 2 heterocycles. The normalized spacial score (nSPS) is 15.7. The van der Waals surface area contributed by atoms with Crippen LogP contribution in [0.5, 0.6) is 0 Å². The number of nitrogens with zero attached hydrogens (tertiary/aromatic N) is 2. The van der Waals surface area contributed by atoms with Crippen LogP contribution >= 0.6 is 22.7 Å². The Kier molecular flexibility index (Phi) is 2.52. The van der Waals surface area contributed by atoms with E-state index in [2.05, 4.69) is 20.7 Å². The lowest BCUT2D eigenvalue weighted by atomic mass is 10.4. The first-order chi connectivity index (χ1) is 7.42. The zero-order valence-corrected chi connectivity index (χ0v) is 9.77. The highest BCUT2D eigenvalue weighted by Gasteiger charge is 2.20. The van der Waals surface area contributed by atoms with Gasteiger partial charge in [0.15, 0.2) is 0 Å². The predicted octanol–water partition coefficient (Wildman–Crippen LogP) is 2.52. The monoisotopic (exact) mass is 237 g/mol. The van der Waals surface area contributed by atoms with Crippen LogP contribution in [0.2, 0.25) is 0 Å². The minimum Gasteiger partial charge on any atom is -0.308 e. The van der Waals surface area contributed by atoms with E-state index in [0.29, 0.717) is 0 Å². The van der Waals surface area contributed by atoms with Crippen molar-refractivity contribution >= 4 is 22.7 Å². The van der Waals surface area contributed by atoms with E-state index in [-0.39, 0.29) is 0 Å². The third-order valence-electron chi connectivity index (χ3n) is 2.34. The first kappa shape index (κ1) is 9.45. The molecular formula is C10H11N3S2. The summed E-state index contributed by atoms with van der Waals surface area (Å²) in [5.41, 5.74) is 2.99. The smallest absolute Gasteiger partial charge is 0.135 e. The Balaban J connectivity index is 1.69. The fourth-order valence-corrected chi connectivity index (χ4v) is 2.87. The van der Waals surface area contributed by atoms with Gasteiger partial charge < -0.3 is 5.32 Å². The number of hydrogen-bond acceptors (Lipinski definition) is 5. The van der Waals surface area contributed by atoms with Crippen molar-refractivity contribution in [1.29, 1.82) is 0 Å². The fourth-order valence-electron chi connectivity index (χ4n) is 1.36. The maximum Gasteiger partial charge on any atom is 0.135 e. The van der Waals surface area contributed by atoms with Crippen LogP contribution < -0.4 is 5.32 Å². The molecule has 1 aliphatic carbocycles. The van der Waals surface area contributed by atoms with E-state index >= 15 is 0 Å². The van der Waals surface area contributed by atoms with Gasteiger partial charge in [-0.2, -0.15) is 0 Å². The molecule has 0 aromatic carbocycles. The van der Waals surface area contributed by atoms with Crippen LogP contribution in [0, 0.1) is 0 Å². The maximum atomic E-state index is 4.58. The molecular weight excluding hydrogens is 226 g/mol. The summed E-state index contributed by atoms with van der Waals surface area (Å²) >= 11 is 3.34. The summed E-state index contributed by atoms with van der Waals surface area (Å²) in [6, 6.07) is 0.749. The molecule has 0 saturated heterocycles. The second kappa shape index (κ2) is 4.00. The molecule has 15 heavy (non-hydrogen) atoms. The van der Waals surface area contributed by atoms with Gasteiger partial charge in [-0.05, 0) is 12.8 Å². The Morgan fingerprint density at radius 1 is 1.40 bits per heavy atom. The SMILES string of the molecule is c1ncc(-c2nc(CNC3CC3)cs2)s1. The van der Waals surface area contributed by atoms with Crippen LogP contribution in [0.3, 0.4) is 0 Å². The van der Waals surface area contributed by atoms with Crippen molar-refractivity contribution in [1.82, 2.24) is 15.3 Å². The molecule has 2 aromatic heterocycles. The Labute approximate surface area is 96.2 Å². The highest BCUT2D eigenvalue weighted by molar-refractivity contribution is 7.19. The van der Waals surface area contributed by atoms with Gasteiger partial charge >= 0.3 is 0 Å². The topological polar surface area (TPSA) is 37.8 Å². The molecule has 5 heteroatoms. The van der Waals surface area contributed by atoms with Gasteiger partial charge in [0.25, 0.3) is 0 Å². The van der Waals surface area contributed by atoms with E-state index in [1.165, 1.54) is 12.8 Å². The fraction of sp³-hybridized carbons (Fsp3) is 0.400. The van der Waals surface area contributed by atoms with E-state index in [9.17, 15) is 0 Å². The summed E-state index contributed by atoms with van der Waals surface area (Å²) in [6.07, 6.45) is 4.53. The quantitative estimate of drug-likeness (QED) is 0.888. The Bertz CT molecular complexity index is 431. The van der Waals surface area contributed by atoms with Gasteiger partial charge in [0.1, 0.15) is 5.01 Å². The molecule has 0 bridgehead atoms. The maximum absolute atomic E-state index is 4.58. The minimum absolute atomic E-state index is 0.749. The lowest BCUT2D eigenvalue weighted by Gasteiger charge is -1.96. The van der Waals surface area contributed by atoms with Crippen LogP contribution in [-0.4, -0.2) is 16.0 Å². The Morgan fingerprint density at radius 2 is 2.33 bits per heavy atom. The van der Waals surface area contributed by atoms with Crippen LogP contribution in [0.15, 0.2) is 17.1 Å². The molecule has 0 atom stereocenters. The van der Waals surface area contributed by atoms with Crippen LogP contribution in [0.4, 0.5) is 0 Å². The zero-order valence-electron chi connectivity index (χ0n) is 8.14. The lowest BCUT2D eigenvalue weighted by Crippen LogP contribution is -2.15. The van der Waals surface area contributed by atoms with Crippen molar-refractivity contribution in [3.8, 4) is 9.88 Å². The summed E-state index contributed by atoms with van der Waals surface area (Å²) in [5, 5.41) is 6.68. The molecule has 0 aliphatic heterocycles. The van der Waals surface area contributed by atoms with Crippen molar-refractivity contribution in [3.63, 3.8) is 0 Å². The van der Waals surface area contributed by atoms with Crippen molar-refractivity contribution in [2.24, 2.45) is 0 Å². The molecule has 0 unspecified atom stereocenters. The number of thiazole rings is 2. The minimum atomic E-state index is 0.749. The van der Waals surface area contributed by atoms with Crippen LogP contribution in [-0.2, 0) is 6.54 Å². The standard InChI is InChI=1S/C10H11N3S2/c1-2-7(1)12-3-8-5-14-10(13-8)9-4-11-6-15-9/h4-7,12H,1-3H2. The van der Waals surface area contributed by atoms with Crippen LogP contribution in [0.1, 0.15) is 18.5 Å². The first-order valence-electron chi connectivity index (χ1n) is 4.98. The van der Waals surface area contributed by atoms with E-state index in [0.717, 1.165) is 28.2 Å². The van der Waals surface area contributed by atoms with Gasteiger partial charge in [-0.3, -0.25) is 4.98 Å². The highest BCUT2D eigenvalue weighted by Crippen LogP contribution is 2.27. The van der Waals surface area contributed by atoms with Crippen LogP contribution in [0.25, 0.3) is 9.88 Å². The molecule has 1 N–H and O–H groups in total. The largest absolute Gasteiger partial charge is 0.308 e. The molecule has 3 rings (SSSR count). The predicted molar refractivity (Wildman–Crippen MR) is 63.1 cm³/mol. The third-order valence-corrected chi connectivity index (χ3v) is 4.18. The van der Waals surface area contributed by atoms with Crippen molar-refractivity contribution in [3.05, 3.63) is 22.8 Å². The Morgan fingerprint density at radius 3 is 3.07 bits per heavy atom. The van der Waals surface area contributed by atoms with Crippen molar-refractivity contribution < 1.29 is 0 Å².